The quantitative estimate of drug-likeness (QED) is 0.512. The van der Waals surface area contributed by atoms with E-state index in [9.17, 15) is 4.79 Å². The van der Waals surface area contributed by atoms with E-state index in [4.69, 9.17) is 10.4 Å². The van der Waals surface area contributed by atoms with Gasteiger partial charge in [-0.2, -0.15) is 5.26 Å². The number of rotatable bonds is 9. The minimum atomic E-state index is -0.388. The Kier molecular flexibility index (Phi) is 9.44. The first-order valence-electron chi connectivity index (χ1n) is 11.2. The maximum absolute atomic E-state index is 12.1. The lowest BCUT2D eigenvalue weighted by Gasteiger charge is -2.34. The zero-order chi connectivity index (χ0) is 22.6. The van der Waals surface area contributed by atoms with Gasteiger partial charge in [0.15, 0.2) is 5.82 Å². The second-order valence-corrected chi connectivity index (χ2v) is 8.03. The highest BCUT2D eigenvalue weighted by Crippen LogP contribution is 2.19. The number of imidazole rings is 1. The van der Waals surface area contributed by atoms with Gasteiger partial charge in [-0.25, -0.2) is 4.98 Å². The molecule has 1 aromatic heterocycles. The molecule has 0 bridgehead atoms. The minimum Gasteiger partial charge on any atom is -0.395 e. The third kappa shape index (κ3) is 7.61. The highest BCUT2D eigenvalue weighted by atomic mass is 16.3. The minimum absolute atomic E-state index is 0.111. The van der Waals surface area contributed by atoms with Crippen LogP contribution >= 0.6 is 0 Å². The summed E-state index contributed by atoms with van der Waals surface area (Å²) in [5.41, 5.74) is 2.81. The predicted octanol–water partition coefficient (Wildman–Crippen LogP) is 2.12. The van der Waals surface area contributed by atoms with Crippen LogP contribution in [0, 0.1) is 11.3 Å². The molecule has 1 amide bonds. The molecule has 2 aliphatic rings. The molecule has 0 radical (unpaired) electrons. The number of hydrogen-bond donors (Lipinski definition) is 3. The van der Waals surface area contributed by atoms with Crippen LogP contribution in [-0.4, -0.2) is 76.7 Å². The van der Waals surface area contributed by atoms with Crippen molar-refractivity contribution in [1.29, 1.82) is 5.26 Å². The molecule has 0 aromatic carbocycles. The van der Waals surface area contributed by atoms with Crippen LogP contribution in [0.1, 0.15) is 42.0 Å². The van der Waals surface area contributed by atoms with Crippen LogP contribution in [0.4, 0.5) is 0 Å². The van der Waals surface area contributed by atoms with Gasteiger partial charge in [-0.05, 0) is 37.3 Å². The molecule has 1 aliphatic heterocycles. The summed E-state index contributed by atoms with van der Waals surface area (Å²) < 4.78 is 0. The van der Waals surface area contributed by atoms with Crippen molar-refractivity contribution in [2.75, 3.05) is 45.9 Å². The SMILES string of the molecule is N#Cc1cnc(C(=O)N/C=C/C=C(\C=C\C2=CCCCC2)CN2CCN(CCO)CC2)[nH]1. The number of allylic oxidation sites excluding steroid dienone is 5. The van der Waals surface area contributed by atoms with Gasteiger partial charge in [-0.15, -0.1) is 0 Å². The van der Waals surface area contributed by atoms with Crippen LogP contribution in [0.25, 0.3) is 0 Å². The highest BCUT2D eigenvalue weighted by molar-refractivity contribution is 5.91. The van der Waals surface area contributed by atoms with E-state index in [-0.39, 0.29) is 24.0 Å². The Morgan fingerprint density at radius 2 is 2.09 bits per heavy atom. The Morgan fingerprint density at radius 1 is 1.28 bits per heavy atom. The van der Waals surface area contributed by atoms with E-state index in [0.717, 1.165) is 52.1 Å². The molecule has 8 heteroatoms. The molecular formula is C24H32N6O2. The summed E-state index contributed by atoms with van der Waals surface area (Å²) in [6, 6.07) is 1.92. The summed E-state index contributed by atoms with van der Waals surface area (Å²) in [7, 11) is 0. The van der Waals surface area contributed by atoms with Crippen molar-refractivity contribution in [2.45, 2.75) is 25.7 Å². The van der Waals surface area contributed by atoms with Crippen molar-refractivity contribution in [3.05, 3.63) is 65.4 Å². The first kappa shape index (κ1) is 23.7. The molecule has 3 rings (SSSR count). The summed E-state index contributed by atoms with van der Waals surface area (Å²) in [5.74, 6) is -0.277. The normalized spacial score (nSPS) is 18.8. The third-order valence-corrected chi connectivity index (χ3v) is 5.66. The molecule has 1 fully saturated rings. The number of amides is 1. The molecule has 0 atom stereocenters. The summed E-state index contributed by atoms with van der Waals surface area (Å²) in [6.07, 6.45) is 18.3. The first-order valence-corrected chi connectivity index (χ1v) is 11.2. The van der Waals surface area contributed by atoms with Crippen molar-refractivity contribution in [2.24, 2.45) is 0 Å². The predicted molar refractivity (Wildman–Crippen MR) is 124 cm³/mol. The Labute approximate surface area is 189 Å². The molecule has 8 nitrogen and oxygen atoms in total. The number of aliphatic hydroxyl groups excluding tert-OH is 1. The third-order valence-electron chi connectivity index (χ3n) is 5.66. The van der Waals surface area contributed by atoms with Gasteiger partial charge < -0.3 is 15.4 Å². The highest BCUT2D eigenvalue weighted by Gasteiger charge is 2.16. The lowest BCUT2D eigenvalue weighted by molar-refractivity contribution is 0.0961. The Bertz CT molecular complexity index is 913. The zero-order valence-corrected chi connectivity index (χ0v) is 18.5. The van der Waals surface area contributed by atoms with Crippen LogP contribution in [0.2, 0.25) is 0 Å². The monoisotopic (exact) mass is 436 g/mol. The number of β-amino-alcohol motifs (C(OH)–C–C–N with tert-alkyl or cyclic N) is 1. The van der Waals surface area contributed by atoms with Crippen molar-refractivity contribution in [3.63, 3.8) is 0 Å². The Balaban J connectivity index is 1.60. The number of aliphatic hydroxyl groups is 1. The van der Waals surface area contributed by atoms with E-state index in [1.54, 1.807) is 6.20 Å². The maximum Gasteiger partial charge on any atom is 0.291 e. The molecule has 170 valence electrons. The van der Waals surface area contributed by atoms with Gasteiger partial charge in [0.05, 0.1) is 12.8 Å². The number of carbonyl (C=O) groups is 1. The van der Waals surface area contributed by atoms with Crippen LogP contribution in [0.15, 0.2) is 53.9 Å². The number of hydrogen-bond acceptors (Lipinski definition) is 6. The lowest BCUT2D eigenvalue weighted by Crippen LogP contribution is -2.47. The fraction of sp³-hybridized carbons (Fsp3) is 0.458. The van der Waals surface area contributed by atoms with Gasteiger partial charge in [-0.1, -0.05) is 29.9 Å². The van der Waals surface area contributed by atoms with Crippen LogP contribution < -0.4 is 5.32 Å². The summed E-state index contributed by atoms with van der Waals surface area (Å²) >= 11 is 0. The standard InChI is InChI=1S/C24H32N6O2/c25-17-22-18-27-23(28-22)24(32)26-10-4-7-21(9-8-20-5-2-1-3-6-20)19-30-13-11-29(12-14-30)15-16-31/h4-5,7-10,18,31H,1-3,6,11-16,19H2,(H,26,32)(H,27,28)/b9-8+,10-4+,21-7+. The lowest BCUT2D eigenvalue weighted by atomic mass is 9.98. The van der Waals surface area contributed by atoms with E-state index >= 15 is 0 Å². The van der Waals surface area contributed by atoms with Crippen molar-refractivity contribution in [1.82, 2.24) is 25.1 Å². The van der Waals surface area contributed by atoms with Gasteiger partial charge in [0.2, 0.25) is 0 Å². The van der Waals surface area contributed by atoms with E-state index in [1.807, 2.05) is 18.2 Å². The summed E-state index contributed by atoms with van der Waals surface area (Å²) in [6.45, 7) is 5.62. The number of aromatic amines is 1. The smallest absolute Gasteiger partial charge is 0.291 e. The second kappa shape index (κ2) is 12.8. The molecule has 0 unspecified atom stereocenters. The summed E-state index contributed by atoms with van der Waals surface area (Å²) in [5, 5.41) is 20.6. The van der Waals surface area contributed by atoms with Gasteiger partial charge in [0, 0.05) is 45.5 Å². The van der Waals surface area contributed by atoms with Crippen molar-refractivity contribution < 1.29 is 9.90 Å². The van der Waals surface area contributed by atoms with Gasteiger partial charge in [0.25, 0.3) is 5.91 Å². The fourth-order valence-electron chi connectivity index (χ4n) is 3.82. The van der Waals surface area contributed by atoms with Crippen LogP contribution in [0.5, 0.6) is 0 Å². The van der Waals surface area contributed by atoms with Crippen molar-refractivity contribution in [3.8, 4) is 6.07 Å². The number of nitrogens with one attached hydrogen (secondary N) is 2. The number of carbonyl (C=O) groups excluding carboxylic acids is 1. The molecule has 32 heavy (non-hydrogen) atoms. The molecule has 1 aliphatic carbocycles. The average Bonchev–Trinajstić information content (AvgIpc) is 3.31. The maximum atomic E-state index is 12.1. The second-order valence-electron chi connectivity index (χ2n) is 8.03. The number of piperazine rings is 1. The van der Waals surface area contributed by atoms with E-state index < -0.39 is 0 Å². The number of nitrogens with zero attached hydrogens (tertiary/aromatic N) is 4. The number of H-pyrrole nitrogens is 1. The molecule has 0 saturated carbocycles. The van der Waals surface area contributed by atoms with Crippen LogP contribution in [0.3, 0.4) is 0 Å². The largest absolute Gasteiger partial charge is 0.395 e. The first-order chi connectivity index (χ1) is 15.7. The van der Waals surface area contributed by atoms with Gasteiger partial charge in [-0.3, -0.25) is 14.6 Å². The molecule has 3 N–H and O–H groups in total. The molecule has 1 aromatic rings. The molecule has 0 spiro atoms. The van der Waals surface area contributed by atoms with Gasteiger partial charge >= 0.3 is 0 Å². The van der Waals surface area contributed by atoms with E-state index in [2.05, 4.69) is 43.3 Å². The molecular weight excluding hydrogens is 404 g/mol. The number of aromatic nitrogens is 2. The Morgan fingerprint density at radius 3 is 2.78 bits per heavy atom. The summed E-state index contributed by atoms with van der Waals surface area (Å²) in [4.78, 5) is 23.4. The average molecular weight is 437 g/mol. The topological polar surface area (TPSA) is 108 Å². The van der Waals surface area contributed by atoms with Gasteiger partial charge in [0.1, 0.15) is 11.8 Å². The Hall–Kier alpha value is -2.99. The van der Waals surface area contributed by atoms with E-state index in [0.29, 0.717) is 0 Å². The molecule has 2 heterocycles. The van der Waals surface area contributed by atoms with E-state index in [1.165, 1.54) is 30.2 Å². The zero-order valence-electron chi connectivity index (χ0n) is 18.5. The number of nitriles is 1. The fourth-order valence-corrected chi connectivity index (χ4v) is 3.82. The van der Waals surface area contributed by atoms with Crippen molar-refractivity contribution >= 4 is 5.91 Å². The molecule has 1 saturated heterocycles. The van der Waals surface area contributed by atoms with Crippen LogP contribution in [-0.2, 0) is 0 Å².